The number of thiocarbonyl (C=S) groups is 1. The van der Waals surface area contributed by atoms with Gasteiger partial charge < -0.3 is 9.47 Å². The number of nitrogens with zero attached hydrogens (tertiary/aromatic N) is 1. The zero-order chi connectivity index (χ0) is 17.7. The first kappa shape index (κ1) is 18.3. The van der Waals surface area contributed by atoms with Crippen LogP contribution in [-0.2, 0) is 9.59 Å². The monoisotopic (exact) mass is 366 g/mol. The van der Waals surface area contributed by atoms with Gasteiger partial charge in [0.1, 0.15) is 0 Å². The fourth-order valence-corrected chi connectivity index (χ4v) is 3.16. The number of carbonyl (C=O) groups is 2. The van der Waals surface area contributed by atoms with Gasteiger partial charge in [-0.3, -0.25) is 15.0 Å². The molecule has 1 saturated heterocycles. The van der Waals surface area contributed by atoms with Gasteiger partial charge in [-0.1, -0.05) is 24.8 Å². The summed E-state index contributed by atoms with van der Waals surface area (Å²) in [5.41, 5.74) is 3.19. The molecule has 0 aliphatic carbocycles. The summed E-state index contributed by atoms with van der Waals surface area (Å²) in [7, 11) is 1.56. The predicted octanol–water partition coefficient (Wildman–Crippen LogP) is 2.74. The first-order chi connectivity index (χ1) is 11.5. The van der Waals surface area contributed by atoms with Crippen molar-refractivity contribution in [2.24, 2.45) is 0 Å². The number of nitrogens with one attached hydrogen (secondary N) is 1. The Bertz CT molecular complexity index is 703. The Morgan fingerprint density at radius 1 is 1.42 bits per heavy atom. The minimum absolute atomic E-state index is 0.288. The van der Waals surface area contributed by atoms with Crippen LogP contribution >= 0.6 is 24.0 Å². The van der Waals surface area contributed by atoms with Crippen LogP contribution in [0.25, 0.3) is 6.08 Å². The smallest absolute Gasteiger partial charge is 0.285 e. The number of hydrogen-bond donors (Lipinski definition) is 1. The Labute approximate surface area is 150 Å². The highest BCUT2D eigenvalue weighted by atomic mass is 32.2. The van der Waals surface area contributed by atoms with E-state index < -0.39 is 0 Å². The van der Waals surface area contributed by atoms with Crippen LogP contribution in [-0.4, -0.2) is 34.9 Å². The predicted molar refractivity (Wildman–Crippen MR) is 97.6 cm³/mol. The van der Waals surface area contributed by atoms with Gasteiger partial charge >= 0.3 is 0 Å². The zero-order valence-electron chi connectivity index (χ0n) is 13.6. The fraction of sp³-hybridized carbons (Fsp3) is 0.312. The van der Waals surface area contributed by atoms with E-state index >= 15 is 0 Å². The third kappa shape index (κ3) is 4.27. The molecule has 0 saturated carbocycles. The maximum Gasteiger partial charge on any atom is 0.285 e. The molecule has 24 heavy (non-hydrogen) atoms. The average molecular weight is 366 g/mol. The molecule has 6 nitrogen and oxygen atoms in total. The van der Waals surface area contributed by atoms with E-state index in [9.17, 15) is 9.59 Å². The molecular formula is C16H18N2O4S2. The van der Waals surface area contributed by atoms with E-state index in [2.05, 4.69) is 5.43 Å². The Balaban J connectivity index is 2.23. The molecule has 2 amide bonds. The van der Waals surface area contributed by atoms with Crippen molar-refractivity contribution in [2.75, 3.05) is 13.7 Å². The quantitative estimate of drug-likeness (QED) is 0.617. The molecule has 0 atom stereocenters. The Morgan fingerprint density at radius 2 is 2.17 bits per heavy atom. The maximum absolute atomic E-state index is 12.3. The van der Waals surface area contributed by atoms with Crippen molar-refractivity contribution in [3.05, 3.63) is 28.7 Å². The van der Waals surface area contributed by atoms with Gasteiger partial charge in [0.05, 0.1) is 18.6 Å². The Kier molecular flexibility index (Phi) is 6.22. The van der Waals surface area contributed by atoms with Gasteiger partial charge in [-0.05, 0) is 42.4 Å². The highest BCUT2D eigenvalue weighted by Crippen LogP contribution is 2.34. The summed E-state index contributed by atoms with van der Waals surface area (Å²) in [5, 5.41) is 1.07. The van der Waals surface area contributed by atoms with Crippen molar-refractivity contribution in [2.45, 2.75) is 20.3 Å². The van der Waals surface area contributed by atoms with Crippen LogP contribution in [0.15, 0.2) is 23.1 Å². The highest BCUT2D eigenvalue weighted by molar-refractivity contribution is 8.26. The molecule has 0 aromatic heterocycles. The summed E-state index contributed by atoms with van der Waals surface area (Å²) in [6.45, 7) is 3.95. The lowest BCUT2D eigenvalue weighted by molar-refractivity contribution is -0.131. The number of rotatable bonds is 6. The lowest BCUT2D eigenvalue weighted by atomic mass is 10.2. The molecule has 1 aromatic carbocycles. The van der Waals surface area contributed by atoms with Crippen LogP contribution in [0.3, 0.4) is 0 Å². The first-order valence-electron chi connectivity index (χ1n) is 7.32. The van der Waals surface area contributed by atoms with Gasteiger partial charge in [-0.2, -0.15) is 5.01 Å². The molecule has 0 unspecified atom stereocenters. The Morgan fingerprint density at radius 3 is 2.79 bits per heavy atom. The highest BCUT2D eigenvalue weighted by Gasteiger charge is 2.33. The minimum Gasteiger partial charge on any atom is -0.493 e. The number of hydrogen-bond acceptors (Lipinski definition) is 6. The van der Waals surface area contributed by atoms with E-state index in [1.165, 1.54) is 6.92 Å². The van der Waals surface area contributed by atoms with E-state index in [0.717, 1.165) is 28.8 Å². The number of thioether (sulfide) groups is 1. The van der Waals surface area contributed by atoms with Crippen molar-refractivity contribution in [3.8, 4) is 11.5 Å². The van der Waals surface area contributed by atoms with Crippen molar-refractivity contribution in [1.29, 1.82) is 0 Å². The summed E-state index contributed by atoms with van der Waals surface area (Å²) >= 11 is 6.25. The van der Waals surface area contributed by atoms with E-state index in [-0.39, 0.29) is 16.1 Å². The van der Waals surface area contributed by atoms with Crippen molar-refractivity contribution in [1.82, 2.24) is 10.4 Å². The molecule has 0 bridgehead atoms. The lowest BCUT2D eigenvalue weighted by Crippen LogP contribution is -2.43. The number of benzene rings is 1. The standard InChI is InChI=1S/C16H18N2O4S2/c1-4-7-22-12-6-5-11(8-13(12)21-3)9-14-15(20)18(16(23)24-14)17-10(2)19/h5-6,8-9H,4,7H2,1-3H3,(H,17,19)/b14-9-. The minimum atomic E-state index is -0.356. The third-order valence-corrected chi connectivity index (χ3v) is 4.31. The number of methoxy groups -OCH3 is 1. The number of carbonyl (C=O) groups excluding carboxylic acids is 2. The largest absolute Gasteiger partial charge is 0.493 e. The van der Waals surface area contributed by atoms with Crippen LogP contribution in [0.2, 0.25) is 0 Å². The molecule has 1 fully saturated rings. The summed E-state index contributed by atoms with van der Waals surface area (Å²) in [4.78, 5) is 23.9. The van der Waals surface area contributed by atoms with Crippen molar-refractivity contribution in [3.63, 3.8) is 0 Å². The second-order valence-corrected chi connectivity index (χ2v) is 6.62. The molecule has 1 N–H and O–H groups in total. The summed E-state index contributed by atoms with van der Waals surface area (Å²) in [6.07, 6.45) is 2.60. The second-order valence-electron chi connectivity index (χ2n) is 4.94. The number of hydrazine groups is 1. The average Bonchev–Trinajstić information content (AvgIpc) is 2.80. The molecule has 1 heterocycles. The van der Waals surface area contributed by atoms with Gasteiger partial charge in [0.2, 0.25) is 5.91 Å². The van der Waals surface area contributed by atoms with Gasteiger partial charge in [0, 0.05) is 6.92 Å². The topological polar surface area (TPSA) is 67.9 Å². The summed E-state index contributed by atoms with van der Waals surface area (Å²) < 4.78 is 11.2. The second kappa shape index (κ2) is 8.16. The van der Waals surface area contributed by atoms with Crippen LogP contribution < -0.4 is 14.9 Å². The SMILES string of the molecule is CCCOc1ccc(/C=C2\SC(=S)N(NC(C)=O)C2=O)cc1OC. The molecule has 128 valence electrons. The van der Waals surface area contributed by atoms with Crippen LogP contribution in [0.1, 0.15) is 25.8 Å². The normalized spacial score (nSPS) is 15.8. The van der Waals surface area contributed by atoms with Gasteiger partial charge in [0.25, 0.3) is 5.91 Å². The van der Waals surface area contributed by atoms with Crippen molar-refractivity contribution >= 4 is 46.2 Å². The van der Waals surface area contributed by atoms with Gasteiger partial charge in [-0.15, -0.1) is 0 Å². The van der Waals surface area contributed by atoms with Gasteiger partial charge in [0.15, 0.2) is 15.8 Å². The summed E-state index contributed by atoms with van der Waals surface area (Å²) in [6, 6.07) is 5.42. The Hall–Kier alpha value is -2.06. The molecule has 1 aliphatic rings. The first-order valence-corrected chi connectivity index (χ1v) is 8.54. The molecule has 8 heteroatoms. The van der Waals surface area contributed by atoms with Gasteiger partial charge in [-0.25, -0.2) is 0 Å². The van der Waals surface area contributed by atoms with E-state index in [4.69, 9.17) is 21.7 Å². The van der Waals surface area contributed by atoms with E-state index in [1.807, 2.05) is 13.0 Å². The molecule has 0 spiro atoms. The van der Waals surface area contributed by atoms with E-state index in [0.29, 0.717) is 23.0 Å². The third-order valence-electron chi connectivity index (χ3n) is 3.01. The number of ether oxygens (including phenoxy) is 2. The van der Waals surface area contributed by atoms with Crippen LogP contribution in [0, 0.1) is 0 Å². The summed E-state index contributed by atoms with van der Waals surface area (Å²) in [5.74, 6) is 0.536. The number of amides is 2. The molecular weight excluding hydrogens is 348 g/mol. The fourth-order valence-electron chi connectivity index (χ4n) is 1.98. The maximum atomic E-state index is 12.3. The van der Waals surface area contributed by atoms with Crippen molar-refractivity contribution < 1.29 is 19.1 Å². The van der Waals surface area contributed by atoms with Crippen LogP contribution in [0.4, 0.5) is 0 Å². The molecule has 2 rings (SSSR count). The molecule has 1 aliphatic heterocycles. The molecule has 1 aromatic rings. The van der Waals surface area contributed by atoms with E-state index in [1.54, 1.807) is 25.3 Å². The van der Waals surface area contributed by atoms with Crippen LogP contribution in [0.5, 0.6) is 11.5 Å². The lowest BCUT2D eigenvalue weighted by Gasteiger charge is -2.13. The molecule has 0 radical (unpaired) electrons. The zero-order valence-corrected chi connectivity index (χ0v) is 15.3.